The van der Waals surface area contributed by atoms with Crippen LogP contribution in [0, 0.1) is 6.92 Å². The number of thiazole rings is 1. The molecule has 2 aromatic heterocycles. The van der Waals surface area contributed by atoms with Crippen LogP contribution < -0.4 is 11.1 Å². The second-order valence-electron chi connectivity index (χ2n) is 4.29. The summed E-state index contributed by atoms with van der Waals surface area (Å²) < 4.78 is 0. The third kappa shape index (κ3) is 2.86. The average molecular weight is 262 g/mol. The molecule has 1 unspecified atom stereocenters. The molecule has 0 aliphatic rings. The molecule has 2 heterocycles. The fourth-order valence-electron chi connectivity index (χ4n) is 1.86. The van der Waals surface area contributed by atoms with Crippen LogP contribution in [0.2, 0.25) is 0 Å². The van der Waals surface area contributed by atoms with Gasteiger partial charge in [-0.15, -0.1) is 11.3 Å². The van der Waals surface area contributed by atoms with Crippen molar-refractivity contribution in [3.8, 4) is 0 Å². The highest BCUT2D eigenvalue weighted by Gasteiger charge is 2.18. The summed E-state index contributed by atoms with van der Waals surface area (Å²) in [5, 5.41) is 5.53. The maximum absolute atomic E-state index is 5.99. The Labute approximate surface area is 111 Å². The Morgan fingerprint density at radius 2 is 2.28 bits per heavy atom. The second-order valence-corrected chi connectivity index (χ2v) is 5.01. The first-order valence-corrected chi connectivity index (χ1v) is 7.00. The molecule has 0 bridgehead atoms. The summed E-state index contributed by atoms with van der Waals surface area (Å²) in [6.07, 6.45) is 2.86. The Hall–Kier alpha value is -1.46. The lowest BCUT2D eigenvalue weighted by Crippen LogP contribution is -2.24. The van der Waals surface area contributed by atoms with E-state index in [1.807, 2.05) is 12.4 Å². The monoisotopic (exact) mass is 262 g/mol. The molecule has 0 aliphatic carbocycles. The predicted octanol–water partition coefficient (Wildman–Crippen LogP) is 2.52. The summed E-state index contributed by atoms with van der Waals surface area (Å²) in [7, 11) is 0. The van der Waals surface area contributed by atoms with E-state index >= 15 is 0 Å². The van der Waals surface area contributed by atoms with Crippen molar-refractivity contribution in [3.63, 3.8) is 0 Å². The number of aryl methyl sites for hydroxylation is 1. The van der Waals surface area contributed by atoms with Gasteiger partial charge in [0.05, 0.1) is 17.2 Å². The fraction of sp³-hybridized carbons (Fsp3) is 0.385. The minimum absolute atomic E-state index is 0.0311. The number of nitrogen functional groups attached to an aromatic ring is 1. The number of pyridine rings is 1. The minimum atomic E-state index is 0.0311. The quantitative estimate of drug-likeness (QED) is 0.869. The molecular weight excluding hydrogens is 244 g/mol. The Kier molecular flexibility index (Phi) is 4.28. The van der Waals surface area contributed by atoms with Gasteiger partial charge < -0.3 is 11.1 Å². The molecule has 0 saturated heterocycles. The first kappa shape index (κ1) is 13.0. The summed E-state index contributed by atoms with van der Waals surface area (Å²) in [6.45, 7) is 5.09. The molecule has 0 aromatic carbocycles. The van der Waals surface area contributed by atoms with Crippen LogP contribution in [-0.2, 0) is 0 Å². The van der Waals surface area contributed by atoms with Crippen molar-refractivity contribution in [2.45, 2.75) is 26.3 Å². The van der Waals surface area contributed by atoms with E-state index < -0.39 is 0 Å². The zero-order chi connectivity index (χ0) is 13.0. The lowest BCUT2D eigenvalue weighted by Gasteiger charge is -2.18. The molecular formula is C13H18N4S. The van der Waals surface area contributed by atoms with Gasteiger partial charge in [0.2, 0.25) is 0 Å². The number of rotatable bonds is 5. The van der Waals surface area contributed by atoms with Crippen molar-refractivity contribution in [1.82, 2.24) is 15.3 Å². The van der Waals surface area contributed by atoms with Crippen LogP contribution in [0.4, 0.5) is 5.82 Å². The number of anilines is 1. The lowest BCUT2D eigenvalue weighted by atomic mass is 10.0. The zero-order valence-electron chi connectivity index (χ0n) is 10.7. The van der Waals surface area contributed by atoms with Gasteiger partial charge in [-0.3, -0.25) is 0 Å². The molecule has 4 nitrogen and oxygen atoms in total. The van der Waals surface area contributed by atoms with Crippen LogP contribution in [0.15, 0.2) is 23.2 Å². The number of hydrogen-bond donors (Lipinski definition) is 2. The number of hydrogen-bond acceptors (Lipinski definition) is 5. The predicted molar refractivity (Wildman–Crippen MR) is 75.6 cm³/mol. The number of nitrogens with one attached hydrogen (secondary N) is 1. The highest BCUT2D eigenvalue weighted by Crippen LogP contribution is 2.26. The SMILES string of the molecule is CCCNC(c1cscn1)c1cc(C)cnc1N. The van der Waals surface area contributed by atoms with E-state index in [2.05, 4.69) is 33.7 Å². The highest BCUT2D eigenvalue weighted by atomic mass is 32.1. The summed E-state index contributed by atoms with van der Waals surface area (Å²) in [6, 6.07) is 2.11. The molecule has 5 heteroatoms. The molecule has 0 aliphatic heterocycles. The molecule has 0 amide bonds. The van der Waals surface area contributed by atoms with Gasteiger partial charge in [0, 0.05) is 17.1 Å². The van der Waals surface area contributed by atoms with Gasteiger partial charge in [-0.25, -0.2) is 9.97 Å². The van der Waals surface area contributed by atoms with Crippen molar-refractivity contribution in [2.24, 2.45) is 0 Å². The number of aromatic nitrogens is 2. The first-order valence-electron chi connectivity index (χ1n) is 6.06. The summed E-state index contributed by atoms with van der Waals surface area (Å²) in [5.74, 6) is 0.571. The topological polar surface area (TPSA) is 63.8 Å². The van der Waals surface area contributed by atoms with E-state index in [1.165, 1.54) is 0 Å². The Morgan fingerprint density at radius 1 is 1.44 bits per heavy atom. The van der Waals surface area contributed by atoms with E-state index in [0.29, 0.717) is 5.82 Å². The lowest BCUT2D eigenvalue weighted by molar-refractivity contribution is 0.588. The van der Waals surface area contributed by atoms with Crippen LogP contribution in [0.25, 0.3) is 0 Å². The van der Waals surface area contributed by atoms with Crippen LogP contribution in [-0.4, -0.2) is 16.5 Å². The third-order valence-corrected chi connectivity index (χ3v) is 3.35. The van der Waals surface area contributed by atoms with Crippen molar-refractivity contribution < 1.29 is 0 Å². The molecule has 2 rings (SSSR count). The number of nitrogens with two attached hydrogens (primary N) is 1. The van der Waals surface area contributed by atoms with Gasteiger partial charge >= 0.3 is 0 Å². The molecule has 1 atom stereocenters. The molecule has 0 spiro atoms. The molecule has 96 valence electrons. The molecule has 2 aromatic rings. The van der Waals surface area contributed by atoms with Crippen molar-refractivity contribution in [1.29, 1.82) is 0 Å². The summed E-state index contributed by atoms with van der Waals surface area (Å²) in [4.78, 5) is 8.62. The first-order chi connectivity index (χ1) is 8.72. The van der Waals surface area contributed by atoms with Crippen LogP contribution >= 0.6 is 11.3 Å². The van der Waals surface area contributed by atoms with E-state index in [9.17, 15) is 0 Å². The maximum Gasteiger partial charge on any atom is 0.128 e. The standard InChI is InChI=1S/C13H18N4S/c1-3-4-15-12(11-7-18-8-17-11)10-5-9(2)6-16-13(10)14/h5-8,12,15H,3-4H2,1-2H3,(H2,14,16). The van der Waals surface area contributed by atoms with E-state index in [0.717, 1.165) is 29.8 Å². The van der Waals surface area contributed by atoms with E-state index in [1.54, 1.807) is 17.5 Å². The van der Waals surface area contributed by atoms with Crippen LogP contribution in [0.3, 0.4) is 0 Å². The van der Waals surface area contributed by atoms with Gasteiger partial charge in [-0.05, 0) is 31.5 Å². The van der Waals surface area contributed by atoms with Gasteiger partial charge in [-0.1, -0.05) is 6.92 Å². The van der Waals surface area contributed by atoms with E-state index in [-0.39, 0.29) is 6.04 Å². The zero-order valence-corrected chi connectivity index (χ0v) is 11.5. The van der Waals surface area contributed by atoms with Gasteiger partial charge in [0.1, 0.15) is 5.82 Å². The normalized spacial score (nSPS) is 12.6. The highest BCUT2D eigenvalue weighted by molar-refractivity contribution is 7.07. The van der Waals surface area contributed by atoms with Gasteiger partial charge in [-0.2, -0.15) is 0 Å². The fourth-order valence-corrected chi connectivity index (χ4v) is 2.44. The van der Waals surface area contributed by atoms with E-state index in [4.69, 9.17) is 5.73 Å². The summed E-state index contributed by atoms with van der Waals surface area (Å²) in [5.41, 5.74) is 11.0. The van der Waals surface area contributed by atoms with Crippen molar-refractivity contribution in [2.75, 3.05) is 12.3 Å². The van der Waals surface area contributed by atoms with Crippen LogP contribution in [0.5, 0.6) is 0 Å². The summed E-state index contributed by atoms with van der Waals surface area (Å²) >= 11 is 1.59. The Morgan fingerprint density at radius 3 is 2.94 bits per heavy atom. The van der Waals surface area contributed by atoms with Crippen molar-refractivity contribution >= 4 is 17.2 Å². The van der Waals surface area contributed by atoms with Gasteiger partial charge in [0.15, 0.2) is 0 Å². The molecule has 3 N–H and O–H groups in total. The largest absolute Gasteiger partial charge is 0.383 e. The molecule has 0 saturated carbocycles. The van der Waals surface area contributed by atoms with Crippen LogP contribution in [0.1, 0.15) is 36.2 Å². The third-order valence-electron chi connectivity index (χ3n) is 2.74. The Bertz CT molecular complexity index is 496. The molecule has 18 heavy (non-hydrogen) atoms. The van der Waals surface area contributed by atoms with Gasteiger partial charge in [0.25, 0.3) is 0 Å². The molecule has 0 fully saturated rings. The smallest absolute Gasteiger partial charge is 0.128 e. The molecule has 0 radical (unpaired) electrons. The average Bonchev–Trinajstić information content (AvgIpc) is 2.88. The second kappa shape index (κ2) is 5.93. The number of nitrogens with zero attached hydrogens (tertiary/aromatic N) is 2. The maximum atomic E-state index is 5.99. The Balaban J connectivity index is 2.36. The van der Waals surface area contributed by atoms with Crippen molar-refractivity contribution in [3.05, 3.63) is 40.0 Å². The minimum Gasteiger partial charge on any atom is -0.383 e.